The Labute approximate surface area is 184 Å². The third-order valence-electron chi connectivity index (χ3n) is 5.70. The summed E-state index contributed by atoms with van der Waals surface area (Å²) in [5, 5.41) is 10.5. The first kappa shape index (κ1) is 19.3. The Hall–Kier alpha value is -1.62. The van der Waals surface area contributed by atoms with Gasteiger partial charge in [-0.1, -0.05) is 39.0 Å². The van der Waals surface area contributed by atoms with Crippen LogP contribution in [0.2, 0.25) is 0 Å². The molecule has 0 saturated carbocycles. The Bertz CT molecular complexity index is 1290. The maximum atomic E-state index is 3.66. The van der Waals surface area contributed by atoms with Crippen LogP contribution in [0.15, 0.2) is 36.4 Å². The Morgan fingerprint density at radius 2 is 1.31 bits per heavy atom. The summed E-state index contributed by atoms with van der Waals surface area (Å²) >= 11 is 5.73. The van der Waals surface area contributed by atoms with E-state index in [9.17, 15) is 0 Å². The average molecular weight is 438 g/mol. The molecule has 29 heavy (non-hydrogen) atoms. The number of rotatable bonds is 8. The number of aryl methyl sites for hydroxylation is 1. The third kappa shape index (κ3) is 3.90. The molecule has 0 bridgehead atoms. The second kappa shape index (κ2) is 8.25. The fourth-order valence-corrected chi connectivity index (χ4v) is 7.43. The summed E-state index contributed by atoms with van der Waals surface area (Å²) in [7, 11) is 0. The first-order valence-electron chi connectivity index (χ1n) is 10.7. The summed E-state index contributed by atoms with van der Waals surface area (Å²) in [5.74, 6) is 0. The minimum atomic E-state index is 1.09. The molecule has 0 spiro atoms. The van der Waals surface area contributed by atoms with Gasteiger partial charge in [-0.3, -0.25) is 0 Å². The van der Waals surface area contributed by atoms with Crippen LogP contribution in [-0.2, 0) is 0 Å². The van der Waals surface area contributed by atoms with Gasteiger partial charge in [-0.05, 0) is 60.5 Å². The number of hydrogen-bond donors (Lipinski definition) is 1. The van der Waals surface area contributed by atoms with E-state index < -0.39 is 0 Å². The quantitative estimate of drug-likeness (QED) is 0.238. The molecule has 0 aliphatic rings. The molecule has 0 saturated heterocycles. The SMILES string of the molecule is CCCCCCCCNc1cc2cc3c(cc2s1)sc1cc2sc(C)cc2cc13. The minimum Gasteiger partial charge on any atom is -0.377 e. The van der Waals surface area contributed by atoms with Crippen LogP contribution in [0.25, 0.3) is 40.3 Å². The highest BCUT2D eigenvalue weighted by Crippen LogP contribution is 2.42. The first-order valence-corrected chi connectivity index (χ1v) is 13.2. The molecule has 0 amide bonds. The van der Waals surface area contributed by atoms with E-state index in [1.165, 1.54) is 88.7 Å². The maximum absolute atomic E-state index is 3.66. The molecule has 5 aromatic rings. The van der Waals surface area contributed by atoms with Crippen molar-refractivity contribution in [2.24, 2.45) is 0 Å². The van der Waals surface area contributed by atoms with E-state index in [0.29, 0.717) is 0 Å². The maximum Gasteiger partial charge on any atom is 0.0894 e. The summed E-state index contributed by atoms with van der Waals surface area (Å²) in [6.07, 6.45) is 8.09. The van der Waals surface area contributed by atoms with Crippen LogP contribution in [0.5, 0.6) is 0 Å². The standard InChI is InChI=1S/C25H27NS3/c1-3-4-5-6-7-8-9-26-25-13-18-12-20-19-11-17-10-16(2)27-21(17)14-23(19)28-24(20)15-22(18)29-25/h10-15,26H,3-9H2,1-2H3. The van der Waals surface area contributed by atoms with Crippen LogP contribution in [0.4, 0.5) is 5.00 Å². The van der Waals surface area contributed by atoms with Crippen molar-refractivity contribution < 1.29 is 0 Å². The van der Waals surface area contributed by atoms with Gasteiger partial charge in [0.2, 0.25) is 0 Å². The number of anilines is 1. The molecule has 0 radical (unpaired) electrons. The minimum absolute atomic E-state index is 1.09. The number of hydrogen-bond acceptors (Lipinski definition) is 4. The van der Waals surface area contributed by atoms with Gasteiger partial charge in [0.05, 0.1) is 5.00 Å². The lowest BCUT2D eigenvalue weighted by molar-refractivity contribution is 0.617. The van der Waals surface area contributed by atoms with E-state index in [0.717, 1.165) is 6.54 Å². The summed E-state index contributed by atoms with van der Waals surface area (Å²) < 4.78 is 5.62. The van der Waals surface area contributed by atoms with Crippen LogP contribution in [0, 0.1) is 6.92 Å². The molecule has 0 aliphatic carbocycles. The molecule has 3 heterocycles. The monoisotopic (exact) mass is 437 g/mol. The van der Waals surface area contributed by atoms with Gasteiger partial charge in [0, 0.05) is 41.0 Å². The van der Waals surface area contributed by atoms with Crippen molar-refractivity contribution in [1.29, 1.82) is 0 Å². The number of nitrogens with one attached hydrogen (secondary N) is 1. The molecule has 5 rings (SSSR count). The van der Waals surface area contributed by atoms with E-state index in [2.05, 4.69) is 55.6 Å². The predicted molar refractivity (Wildman–Crippen MR) is 137 cm³/mol. The molecule has 1 nitrogen and oxygen atoms in total. The van der Waals surface area contributed by atoms with Gasteiger partial charge in [0.1, 0.15) is 0 Å². The van der Waals surface area contributed by atoms with Gasteiger partial charge >= 0.3 is 0 Å². The number of thiophene rings is 3. The molecule has 2 aromatic carbocycles. The van der Waals surface area contributed by atoms with Gasteiger partial charge < -0.3 is 5.32 Å². The molecule has 1 N–H and O–H groups in total. The molecule has 0 fully saturated rings. The van der Waals surface area contributed by atoms with Crippen LogP contribution < -0.4 is 5.32 Å². The zero-order chi connectivity index (χ0) is 19.8. The number of unbranched alkanes of at least 4 members (excludes halogenated alkanes) is 5. The van der Waals surface area contributed by atoms with E-state index >= 15 is 0 Å². The highest BCUT2D eigenvalue weighted by molar-refractivity contribution is 7.27. The molecule has 0 atom stereocenters. The van der Waals surface area contributed by atoms with Crippen LogP contribution in [0.3, 0.4) is 0 Å². The van der Waals surface area contributed by atoms with Gasteiger partial charge in [-0.25, -0.2) is 0 Å². The Morgan fingerprint density at radius 3 is 2.07 bits per heavy atom. The highest BCUT2D eigenvalue weighted by atomic mass is 32.1. The van der Waals surface area contributed by atoms with E-state index in [4.69, 9.17) is 0 Å². The summed E-state index contributed by atoms with van der Waals surface area (Å²) in [4.78, 5) is 1.39. The molecule has 150 valence electrons. The lowest BCUT2D eigenvalue weighted by Crippen LogP contribution is -1.99. The Morgan fingerprint density at radius 1 is 0.655 bits per heavy atom. The summed E-state index contributed by atoms with van der Waals surface area (Å²) in [6, 6.07) is 14.2. The molecule has 4 heteroatoms. The second-order valence-corrected chi connectivity index (χ2v) is 11.5. The van der Waals surface area contributed by atoms with E-state index in [1.54, 1.807) is 0 Å². The average Bonchev–Trinajstić information content (AvgIpc) is 3.36. The zero-order valence-electron chi connectivity index (χ0n) is 17.1. The number of benzene rings is 2. The molecular weight excluding hydrogens is 410 g/mol. The van der Waals surface area contributed by atoms with Crippen molar-refractivity contribution in [1.82, 2.24) is 0 Å². The summed E-state index contributed by atoms with van der Waals surface area (Å²) in [5.41, 5.74) is 0. The molecular formula is C25H27NS3. The van der Waals surface area contributed by atoms with Gasteiger partial charge in [-0.15, -0.1) is 34.0 Å². The van der Waals surface area contributed by atoms with E-state index in [1.807, 2.05) is 34.0 Å². The topological polar surface area (TPSA) is 12.0 Å². The largest absolute Gasteiger partial charge is 0.377 e. The zero-order valence-corrected chi connectivity index (χ0v) is 19.6. The predicted octanol–water partition coefficient (Wildman–Crippen LogP) is 9.56. The van der Waals surface area contributed by atoms with Crippen molar-refractivity contribution in [2.75, 3.05) is 11.9 Å². The smallest absolute Gasteiger partial charge is 0.0894 e. The second-order valence-electron chi connectivity index (χ2n) is 8.04. The summed E-state index contributed by atoms with van der Waals surface area (Å²) in [6.45, 7) is 5.57. The highest BCUT2D eigenvalue weighted by Gasteiger charge is 2.11. The van der Waals surface area contributed by atoms with E-state index in [-0.39, 0.29) is 0 Å². The Balaban J connectivity index is 1.38. The fourth-order valence-electron chi connectivity index (χ4n) is 4.18. The van der Waals surface area contributed by atoms with Crippen LogP contribution in [0.1, 0.15) is 50.3 Å². The van der Waals surface area contributed by atoms with Crippen molar-refractivity contribution in [3.05, 3.63) is 41.3 Å². The van der Waals surface area contributed by atoms with Crippen molar-refractivity contribution in [3.8, 4) is 0 Å². The fraction of sp³-hybridized carbons (Fsp3) is 0.360. The van der Waals surface area contributed by atoms with Gasteiger partial charge in [0.15, 0.2) is 0 Å². The third-order valence-corrected chi connectivity index (χ3v) is 8.88. The van der Waals surface area contributed by atoms with Crippen molar-refractivity contribution in [3.63, 3.8) is 0 Å². The lowest BCUT2D eigenvalue weighted by atomic mass is 10.1. The van der Waals surface area contributed by atoms with Crippen LogP contribution in [-0.4, -0.2) is 6.54 Å². The van der Waals surface area contributed by atoms with Crippen molar-refractivity contribution >= 4 is 79.4 Å². The first-order chi connectivity index (χ1) is 14.2. The molecule has 0 aliphatic heterocycles. The molecule has 3 aromatic heterocycles. The van der Waals surface area contributed by atoms with Gasteiger partial charge in [0.25, 0.3) is 0 Å². The lowest BCUT2D eigenvalue weighted by Gasteiger charge is -2.03. The Kier molecular flexibility index (Phi) is 5.51. The normalized spacial score (nSPS) is 12.1. The van der Waals surface area contributed by atoms with Crippen molar-refractivity contribution in [2.45, 2.75) is 52.4 Å². The molecule has 0 unspecified atom stereocenters. The van der Waals surface area contributed by atoms with Crippen LogP contribution >= 0.6 is 34.0 Å². The number of fused-ring (bicyclic) bond motifs is 5. The van der Waals surface area contributed by atoms with Gasteiger partial charge in [-0.2, -0.15) is 0 Å².